The van der Waals surface area contributed by atoms with Gasteiger partial charge in [-0.15, -0.1) is 0 Å². The second-order valence-corrected chi connectivity index (χ2v) is 6.22. The van der Waals surface area contributed by atoms with Crippen LogP contribution in [0.5, 0.6) is 0 Å². The number of hydrogen-bond acceptors (Lipinski definition) is 4. The van der Waals surface area contributed by atoms with Gasteiger partial charge in [0.1, 0.15) is 0 Å². The number of nitrogens with one attached hydrogen (secondary N) is 1. The van der Waals surface area contributed by atoms with Crippen molar-refractivity contribution in [2.45, 2.75) is 19.3 Å². The van der Waals surface area contributed by atoms with Crippen molar-refractivity contribution in [3.8, 4) is 0 Å². The summed E-state index contributed by atoms with van der Waals surface area (Å²) in [5.74, 6) is 2.27. The van der Waals surface area contributed by atoms with Gasteiger partial charge in [0.05, 0.1) is 4.92 Å². The topological polar surface area (TPSA) is 68.1 Å². The fourth-order valence-electron chi connectivity index (χ4n) is 3.89. The average Bonchev–Trinajstić information content (AvgIpc) is 3.03. The van der Waals surface area contributed by atoms with Crippen LogP contribution in [0.2, 0.25) is 0 Å². The molecule has 0 spiro atoms. The summed E-state index contributed by atoms with van der Waals surface area (Å²) < 4.78 is 0. The first kappa shape index (κ1) is 13.2. The molecule has 2 aliphatic carbocycles. The SMILES string of the molecule is Cc1ccnc(NCC2C3Cc4ccccc4C23)c1[N+](=O)[O-]. The number of nitrogens with zero attached hydrogens (tertiary/aromatic N) is 2. The molecule has 3 atom stereocenters. The Morgan fingerprint density at radius 2 is 2.18 bits per heavy atom. The van der Waals surface area contributed by atoms with Gasteiger partial charge in [-0.3, -0.25) is 10.1 Å². The lowest BCUT2D eigenvalue weighted by Gasteiger charge is -2.10. The minimum atomic E-state index is -0.353. The molecular formula is C17H17N3O2. The molecule has 2 aliphatic rings. The zero-order valence-electron chi connectivity index (χ0n) is 12.3. The van der Waals surface area contributed by atoms with E-state index in [-0.39, 0.29) is 10.6 Å². The van der Waals surface area contributed by atoms with Gasteiger partial charge in [0.15, 0.2) is 0 Å². The number of benzene rings is 1. The summed E-state index contributed by atoms with van der Waals surface area (Å²) in [4.78, 5) is 15.0. The van der Waals surface area contributed by atoms with E-state index in [2.05, 4.69) is 34.6 Å². The summed E-state index contributed by atoms with van der Waals surface area (Å²) in [5.41, 5.74) is 3.66. The Labute approximate surface area is 128 Å². The number of rotatable bonds is 4. The Bertz CT molecular complexity index is 759. The highest BCUT2D eigenvalue weighted by Crippen LogP contribution is 2.61. The number of nitro groups is 1. The summed E-state index contributed by atoms with van der Waals surface area (Å²) in [6, 6.07) is 10.3. The summed E-state index contributed by atoms with van der Waals surface area (Å²) in [6.45, 7) is 2.49. The first-order valence-electron chi connectivity index (χ1n) is 7.58. The third kappa shape index (κ3) is 1.96. The van der Waals surface area contributed by atoms with E-state index in [1.807, 2.05) is 0 Å². The van der Waals surface area contributed by atoms with Crippen LogP contribution in [0.3, 0.4) is 0 Å². The molecule has 0 amide bonds. The normalized spacial score (nSPS) is 24.5. The van der Waals surface area contributed by atoms with Crippen LogP contribution < -0.4 is 5.32 Å². The van der Waals surface area contributed by atoms with Gasteiger partial charge < -0.3 is 5.32 Å². The van der Waals surface area contributed by atoms with Crippen molar-refractivity contribution in [3.05, 3.63) is 63.3 Å². The van der Waals surface area contributed by atoms with E-state index in [1.54, 1.807) is 19.2 Å². The first-order valence-corrected chi connectivity index (χ1v) is 7.58. The van der Waals surface area contributed by atoms with E-state index < -0.39 is 0 Å². The predicted octanol–water partition coefficient (Wildman–Crippen LogP) is 3.30. The lowest BCUT2D eigenvalue weighted by Crippen LogP contribution is -2.11. The third-order valence-electron chi connectivity index (χ3n) is 5.02. The third-order valence-corrected chi connectivity index (χ3v) is 5.02. The molecule has 3 unspecified atom stereocenters. The molecule has 4 rings (SSSR count). The molecule has 1 saturated carbocycles. The monoisotopic (exact) mass is 295 g/mol. The van der Waals surface area contributed by atoms with Crippen LogP contribution in [0, 0.1) is 28.9 Å². The minimum absolute atomic E-state index is 0.0914. The molecule has 0 saturated heterocycles. The highest BCUT2D eigenvalue weighted by atomic mass is 16.6. The molecular weight excluding hydrogens is 278 g/mol. The molecule has 0 aliphatic heterocycles. The van der Waals surface area contributed by atoms with E-state index in [0.717, 1.165) is 13.0 Å². The van der Waals surface area contributed by atoms with Crippen molar-refractivity contribution in [2.75, 3.05) is 11.9 Å². The number of aryl methyl sites for hydroxylation is 1. The van der Waals surface area contributed by atoms with Crippen molar-refractivity contribution in [1.82, 2.24) is 4.98 Å². The lowest BCUT2D eigenvalue weighted by molar-refractivity contribution is -0.384. The minimum Gasteiger partial charge on any atom is -0.364 e. The Kier molecular flexibility index (Phi) is 2.89. The van der Waals surface area contributed by atoms with E-state index in [0.29, 0.717) is 29.1 Å². The van der Waals surface area contributed by atoms with E-state index >= 15 is 0 Å². The summed E-state index contributed by atoms with van der Waals surface area (Å²) in [6.07, 6.45) is 2.75. The Balaban J connectivity index is 1.48. The van der Waals surface area contributed by atoms with Crippen molar-refractivity contribution in [1.29, 1.82) is 0 Å². The molecule has 1 aromatic carbocycles. The summed E-state index contributed by atoms with van der Waals surface area (Å²) >= 11 is 0. The molecule has 112 valence electrons. The number of anilines is 1. The van der Waals surface area contributed by atoms with Crippen LogP contribution in [0.25, 0.3) is 0 Å². The molecule has 1 heterocycles. The number of hydrogen-bond donors (Lipinski definition) is 1. The van der Waals surface area contributed by atoms with E-state index in [9.17, 15) is 10.1 Å². The molecule has 1 N–H and O–H groups in total. The van der Waals surface area contributed by atoms with Gasteiger partial charge in [-0.05, 0) is 48.3 Å². The van der Waals surface area contributed by atoms with Crippen LogP contribution in [0.4, 0.5) is 11.5 Å². The van der Waals surface area contributed by atoms with Crippen LogP contribution in [-0.2, 0) is 6.42 Å². The summed E-state index contributed by atoms with van der Waals surface area (Å²) in [5, 5.41) is 14.4. The zero-order valence-corrected chi connectivity index (χ0v) is 12.3. The second kappa shape index (κ2) is 4.80. The molecule has 0 radical (unpaired) electrons. The van der Waals surface area contributed by atoms with Gasteiger partial charge in [0.25, 0.3) is 0 Å². The Morgan fingerprint density at radius 1 is 1.36 bits per heavy atom. The molecule has 1 aromatic heterocycles. The largest absolute Gasteiger partial charge is 0.364 e. The van der Waals surface area contributed by atoms with Gasteiger partial charge in [-0.25, -0.2) is 4.98 Å². The van der Waals surface area contributed by atoms with Gasteiger partial charge in [-0.2, -0.15) is 0 Å². The van der Waals surface area contributed by atoms with Crippen molar-refractivity contribution in [2.24, 2.45) is 11.8 Å². The molecule has 2 aromatic rings. The van der Waals surface area contributed by atoms with Crippen molar-refractivity contribution < 1.29 is 4.92 Å². The molecule has 5 nitrogen and oxygen atoms in total. The molecule has 22 heavy (non-hydrogen) atoms. The van der Waals surface area contributed by atoms with Crippen LogP contribution in [0.1, 0.15) is 22.6 Å². The maximum Gasteiger partial charge on any atom is 0.314 e. The fourth-order valence-corrected chi connectivity index (χ4v) is 3.89. The number of fused-ring (bicyclic) bond motifs is 3. The van der Waals surface area contributed by atoms with Crippen LogP contribution in [-0.4, -0.2) is 16.5 Å². The molecule has 5 heteroatoms. The average molecular weight is 295 g/mol. The predicted molar refractivity (Wildman–Crippen MR) is 84.0 cm³/mol. The fraction of sp³-hybridized carbons (Fsp3) is 0.353. The quantitative estimate of drug-likeness (QED) is 0.694. The highest BCUT2D eigenvalue weighted by Gasteiger charge is 2.54. The lowest BCUT2D eigenvalue weighted by atomic mass is 10.0. The smallest absolute Gasteiger partial charge is 0.314 e. The van der Waals surface area contributed by atoms with Gasteiger partial charge in [-0.1, -0.05) is 24.3 Å². The maximum absolute atomic E-state index is 11.2. The molecule has 1 fully saturated rings. The Hall–Kier alpha value is -2.43. The van der Waals surface area contributed by atoms with Gasteiger partial charge in [0.2, 0.25) is 5.82 Å². The van der Waals surface area contributed by atoms with Gasteiger partial charge in [0, 0.05) is 18.3 Å². The number of pyridine rings is 1. The van der Waals surface area contributed by atoms with Crippen LogP contribution >= 0.6 is 0 Å². The van der Waals surface area contributed by atoms with Gasteiger partial charge >= 0.3 is 5.69 Å². The number of aromatic nitrogens is 1. The maximum atomic E-state index is 11.2. The van der Waals surface area contributed by atoms with Crippen molar-refractivity contribution in [3.63, 3.8) is 0 Å². The first-order chi connectivity index (χ1) is 10.7. The van der Waals surface area contributed by atoms with E-state index in [1.165, 1.54) is 11.1 Å². The standard InChI is InChI=1S/C17H17N3O2/c1-10-6-7-18-17(16(10)20(21)22)19-9-14-13-8-11-4-2-3-5-12(11)15(13)14/h2-7,13-15H,8-9H2,1H3,(H,18,19). The Morgan fingerprint density at radius 3 is 3.00 bits per heavy atom. The second-order valence-electron chi connectivity index (χ2n) is 6.22. The summed E-state index contributed by atoms with van der Waals surface area (Å²) in [7, 11) is 0. The van der Waals surface area contributed by atoms with E-state index in [4.69, 9.17) is 0 Å². The molecule has 0 bridgehead atoms. The zero-order chi connectivity index (χ0) is 15.3. The highest BCUT2D eigenvalue weighted by molar-refractivity contribution is 5.60. The van der Waals surface area contributed by atoms with Crippen LogP contribution in [0.15, 0.2) is 36.5 Å². The van der Waals surface area contributed by atoms with Crippen molar-refractivity contribution >= 4 is 11.5 Å².